The van der Waals surface area contributed by atoms with Crippen molar-refractivity contribution in [3.8, 4) is 0 Å². The maximum atomic E-state index is 12.6. The van der Waals surface area contributed by atoms with E-state index in [4.69, 9.17) is 8.83 Å². The Morgan fingerprint density at radius 3 is 2.66 bits per heavy atom. The van der Waals surface area contributed by atoms with Gasteiger partial charge in [-0.2, -0.15) is 0 Å². The van der Waals surface area contributed by atoms with E-state index < -0.39 is 12.5 Å². The predicted molar refractivity (Wildman–Crippen MR) is 105 cm³/mol. The highest BCUT2D eigenvalue weighted by molar-refractivity contribution is 9.10. The smallest absolute Gasteiger partial charge is 0.432 e. The van der Waals surface area contributed by atoms with Crippen LogP contribution >= 0.6 is 15.9 Å². The van der Waals surface area contributed by atoms with Gasteiger partial charge in [0.05, 0.1) is 11.5 Å². The van der Waals surface area contributed by atoms with Gasteiger partial charge in [-0.25, -0.2) is 4.98 Å². The van der Waals surface area contributed by atoms with E-state index in [0.29, 0.717) is 42.1 Å². The molecule has 2 bridgehead atoms. The average molecular weight is 513 g/mol. The molecule has 8 nitrogen and oxygen atoms in total. The van der Waals surface area contributed by atoms with Crippen LogP contribution < -0.4 is 5.32 Å². The van der Waals surface area contributed by atoms with Gasteiger partial charge in [0, 0.05) is 15.9 Å². The Morgan fingerprint density at radius 2 is 1.94 bits per heavy atom. The van der Waals surface area contributed by atoms with Crippen molar-refractivity contribution >= 4 is 32.9 Å². The summed E-state index contributed by atoms with van der Waals surface area (Å²) < 4.78 is 53.0. The van der Waals surface area contributed by atoms with E-state index in [2.05, 4.69) is 41.2 Å². The predicted octanol–water partition coefficient (Wildman–Crippen LogP) is 4.36. The maximum Gasteiger partial charge on any atom is 0.522 e. The minimum atomic E-state index is -4.63. The van der Waals surface area contributed by atoms with Crippen LogP contribution in [-0.2, 0) is 10.2 Å². The second kappa shape index (κ2) is 6.53. The van der Waals surface area contributed by atoms with Crippen LogP contribution in [0.4, 0.5) is 13.2 Å². The molecule has 2 aromatic heterocycles. The standard InChI is InChI=1S/C20H16BrF3N4O4/c21-10-1-2-13-12(5-10)25-16(30-13)14(29)26-19-6-18(7-19,8-19)17-28-27-15(31-17)9-3-11(4-9)32-20(22,23)24/h1-2,5,9,11H,3-4,6-8H2,(H,26,29)/t9-,11+,18?,19?. The minimum Gasteiger partial charge on any atom is -0.432 e. The number of fused-ring (bicyclic) bond motifs is 1. The zero-order valence-electron chi connectivity index (χ0n) is 16.4. The fourth-order valence-corrected chi connectivity index (χ4v) is 5.45. The van der Waals surface area contributed by atoms with Gasteiger partial charge in [0.2, 0.25) is 11.8 Å². The molecule has 1 aromatic carbocycles. The van der Waals surface area contributed by atoms with Gasteiger partial charge in [0.1, 0.15) is 5.52 Å². The summed E-state index contributed by atoms with van der Waals surface area (Å²) in [5, 5.41) is 11.2. The molecule has 2 heterocycles. The zero-order chi connectivity index (χ0) is 22.3. The summed E-state index contributed by atoms with van der Waals surface area (Å²) in [5.41, 5.74) is 0.492. The number of carbonyl (C=O) groups is 1. The van der Waals surface area contributed by atoms with Gasteiger partial charge >= 0.3 is 12.3 Å². The highest BCUT2D eigenvalue weighted by Gasteiger charge is 2.72. The van der Waals surface area contributed by atoms with Crippen molar-refractivity contribution in [1.82, 2.24) is 20.5 Å². The third-order valence-electron chi connectivity index (χ3n) is 6.59. The Morgan fingerprint density at radius 1 is 1.19 bits per heavy atom. The zero-order valence-corrected chi connectivity index (χ0v) is 18.0. The van der Waals surface area contributed by atoms with Crippen molar-refractivity contribution in [1.29, 1.82) is 0 Å². The second-order valence-corrected chi connectivity index (χ2v) is 9.89. The third-order valence-corrected chi connectivity index (χ3v) is 7.08. The van der Waals surface area contributed by atoms with Crippen molar-refractivity contribution in [3.63, 3.8) is 0 Å². The number of carbonyl (C=O) groups excluding carboxylic acids is 1. The number of rotatable bonds is 5. The number of hydrogen-bond acceptors (Lipinski definition) is 7. The molecular formula is C20H16BrF3N4O4. The second-order valence-electron chi connectivity index (χ2n) is 8.98. The average Bonchev–Trinajstić information content (AvgIpc) is 3.25. The fourth-order valence-electron chi connectivity index (χ4n) is 5.11. The largest absolute Gasteiger partial charge is 0.522 e. The fraction of sp³-hybridized carbons (Fsp3) is 0.500. The lowest BCUT2D eigenvalue weighted by Gasteiger charge is -2.68. The highest BCUT2D eigenvalue weighted by atomic mass is 79.9. The molecule has 32 heavy (non-hydrogen) atoms. The van der Waals surface area contributed by atoms with Crippen LogP contribution in [0.2, 0.25) is 0 Å². The summed E-state index contributed by atoms with van der Waals surface area (Å²) in [4.78, 5) is 16.9. The van der Waals surface area contributed by atoms with Crippen LogP contribution in [0.3, 0.4) is 0 Å². The Bertz CT molecular complexity index is 1210. The first kappa shape index (κ1) is 20.2. The first-order valence-electron chi connectivity index (χ1n) is 10.1. The Labute approximate surface area is 187 Å². The molecule has 168 valence electrons. The molecule has 4 fully saturated rings. The van der Waals surface area contributed by atoms with Crippen LogP contribution in [0.15, 0.2) is 31.5 Å². The number of aromatic nitrogens is 3. The van der Waals surface area contributed by atoms with Gasteiger partial charge in [-0.3, -0.25) is 9.53 Å². The van der Waals surface area contributed by atoms with Crippen LogP contribution in [0.5, 0.6) is 0 Å². The van der Waals surface area contributed by atoms with Crippen LogP contribution in [0.1, 0.15) is 60.5 Å². The van der Waals surface area contributed by atoms with Crippen LogP contribution in [-0.4, -0.2) is 39.1 Å². The summed E-state index contributed by atoms with van der Waals surface area (Å²) >= 11 is 3.36. The van der Waals surface area contributed by atoms with Crippen molar-refractivity contribution in [2.45, 2.75) is 61.4 Å². The number of nitrogens with one attached hydrogen (secondary N) is 1. The van der Waals surface area contributed by atoms with E-state index in [9.17, 15) is 18.0 Å². The highest BCUT2D eigenvalue weighted by Crippen LogP contribution is 2.67. The number of amides is 1. The quantitative estimate of drug-likeness (QED) is 0.541. The van der Waals surface area contributed by atoms with E-state index in [1.54, 1.807) is 12.1 Å². The minimum absolute atomic E-state index is 0.0116. The molecule has 4 aliphatic carbocycles. The molecule has 4 aliphatic rings. The number of alkyl halides is 3. The van der Waals surface area contributed by atoms with Crippen molar-refractivity contribution in [2.75, 3.05) is 0 Å². The first-order valence-corrected chi connectivity index (χ1v) is 10.9. The Hall–Kier alpha value is -2.47. The SMILES string of the molecule is O=C(NC12CC(c3nnc([C@H]4C[C@@H](OC(F)(F)F)C4)o3)(C1)C2)c1nc2cc(Br)ccc2o1. The topological polar surface area (TPSA) is 103 Å². The van der Waals surface area contributed by atoms with Crippen LogP contribution in [0.25, 0.3) is 11.1 Å². The molecule has 4 saturated carbocycles. The van der Waals surface area contributed by atoms with Gasteiger partial charge in [0.25, 0.3) is 5.89 Å². The summed E-state index contributed by atoms with van der Waals surface area (Å²) in [6.07, 6.45) is -3.12. The van der Waals surface area contributed by atoms with E-state index in [-0.39, 0.29) is 41.5 Å². The molecule has 0 saturated heterocycles. The molecule has 12 heteroatoms. The summed E-state index contributed by atoms with van der Waals surface area (Å²) in [6, 6.07) is 5.33. The number of halogens is 4. The molecule has 7 rings (SSSR count). The number of nitrogens with zero attached hydrogens (tertiary/aromatic N) is 3. The third kappa shape index (κ3) is 3.22. The van der Waals surface area contributed by atoms with E-state index in [1.807, 2.05) is 6.07 Å². The number of oxazole rings is 1. The normalized spacial score (nSPS) is 31.0. The maximum absolute atomic E-state index is 12.6. The van der Waals surface area contributed by atoms with E-state index in [1.165, 1.54) is 0 Å². The lowest BCUT2D eigenvalue weighted by Crippen LogP contribution is -2.76. The molecule has 0 radical (unpaired) electrons. The van der Waals surface area contributed by atoms with Gasteiger partial charge in [-0.15, -0.1) is 23.4 Å². The molecule has 1 N–H and O–H groups in total. The lowest BCUT2D eigenvalue weighted by atomic mass is 9.39. The van der Waals surface area contributed by atoms with Gasteiger partial charge in [-0.1, -0.05) is 15.9 Å². The number of hydrogen-bond donors (Lipinski definition) is 1. The molecule has 0 atom stereocenters. The van der Waals surface area contributed by atoms with Gasteiger partial charge in [0.15, 0.2) is 5.58 Å². The first-order chi connectivity index (χ1) is 15.1. The molecular weight excluding hydrogens is 497 g/mol. The lowest BCUT2D eigenvalue weighted by molar-refractivity contribution is -0.352. The van der Waals surface area contributed by atoms with E-state index in [0.717, 1.165) is 4.47 Å². The van der Waals surface area contributed by atoms with Crippen molar-refractivity contribution < 1.29 is 31.5 Å². The summed E-state index contributed by atoms with van der Waals surface area (Å²) in [5.74, 6) is 0.251. The monoisotopic (exact) mass is 512 g/mol. The molecule has 0 aliphatic heterocycles. The van der Waals surface area contributed by atoms with Gasteiger partial charge < -0.3 is 14.2 Å². The number of benzene rings is 1. The summed E-state index contributed by atoms with van der Waals surface area (Å²) in [6.45, 7) is 0. The Balaban J connectivity index is 1.06. The van der Waals surface area contributed by atoms with Crippen molar-refractivity contribution in [2.24, 2.45) is 0 Å². The molecule has 0 spiro atoms. The molecule has 0 unspecified atom stereocenters. The van der Waals surface area contributed by atoms with E-state index >= 15 is 0 Å². The number of ether oxygens (including phenoxy) is 1. The van der Waals surface area contributed by atoms with Crippen molar-refractivity contribution in [3.05, 3.63) is 40.3 Å². The molecule has 3 aromatic rings. The molecule has 1 amide bonds. The summed E-state index contributed by atoms with van der Waals surface area (Å²) in [7, 11) is 0. The van der Waals surface area contributed by atoms with Gasteiger partial charge in [-0.05, 0) is 50.3 Å². The Kier molecular flexibility index (Phi) is 4.12. The van der Waals surface area contributed by atoms with Crippen LogP contribution in [0, 0.1) is 0 Å².